The van der Waals surface area contributed by atoms with Crippen molar-refractivity contribution in [3.05, 3.63) is 35.2 Å². The Balaban J connectivity index is 1.97. The summed E-state index contributed by atoms with van der Waals surface area (Å²) >= 11 is 2.09. The largest absolute Gasteiger partial charge is 0.481 e. The summed E-state index contributed by atoms with van der Waals surface area (Å²) in [6.45, 7) is 0. The number of thiazole rings is 1. The van der Waals surface area contributed by atoms with Crippen molar-refractivity contribution in [1.82, 2.24) is 4.98 Å². The van der Waals surface area contributed by atoms with Gasteiger partial charge >= 0.3 is 12.1 Å². The molecule has 0 radical (unpaired) electrons. The first-order valence-corrected chi connectivity index (χ1v) is 8.51. The molecule has 1 amide bonds. The predicted octanol–water partition coefficient (Wildman–Crippen LogP) is 3.59. The Hall–Kier alpha value is -2.07. The minimum absolute atomic E-state index is 0.0263. The lowest BCUT2D eigenvalue weighted by Gasteiger charge is -2.06. The molecule has 2 aromatic rings. The topological polar surface area (TPSA) is 79.3 Å². The van der Waals surface area contributed by atoms with Gasteiger partial charge in [0.1, 0.15) is 0 Å². The third-order valence-corrected chi connectivity index (χ3v) is 4.39. The molecule has 128 valence electrons. The molecule has 0 aliphatic heterocycles. The molecule has 1 aromatic carbocycles. The maximum absolute atomic E-state index is 12.5. The number of rotatable bonds is 6. The van der Waals surface area contributed by atoms with Crippen LogP contribution in [0.3, 0.4) is 0 Å². The summed E-state index contributed by atoms with van der Waals surface area (Å²) < 4.78 is 37.6. The number of amides is 1. The van der Waals surface area contributed by atoms with Crippen LogP contribution < -0.4 is 5.32 Å². The second kappa shape index (κ2) is 7.67. The van der Waals surface area contributed by atoms with Gasteiger partial charge in [0.25, 0.3) is 0 Å². The number of carbonyl (C=O) groups is 2. The highest BCUT2D eigenvalue weighted by Gasteiger charge is 2.30. The first-order valence-electron chi connectivity index (χ1n) is 6.48. The number of anilines is 1. The molecular formula is C14H11F3N2O3S2. The average molecular weight is 376 g/mol. The van der Waals surface area contributed by atoms with Gasteiger partial charge in [-0.15, -0.1) is 23.1 Å². The molecule has 0 aliphatic carbocycles. The normalized spacial score (nSPS) is 11.3. The Kier molecular flexibility index (Phi) is 5.84. The van der Waals surface area contributed by atoms with Crippen LogP contribution in [-0.4, -0.2) is 33.5 Å². The van der Waals surface area contributed by atoms with Crippen molar-refractivity contribution >= 4 is 40.1 Å². The first-order chi connectivity index (χ1) is 11.3. The van der Waals surface area contributed by atoms with Gasteiger partial charge in [0.05, 0.1) is 22.8 Å². The van der Waals surface area contributed by atoms with Crippen molar-refractivity contribution in [1.29, 1.82) is 0 Å². The van der Waals surface area contributed by atoms with E-state index in [0.717, 1.165) is 35.2 Å². The fraction of sp³-hybridized carbons (Fsp3) is 0.214. The van der Waals surface area contributed by atoms with Crippen molar-refractivity contribution < 1.29 is 27.9 Å². The molecule has 0 aliphatic rings. The van der Waals surface area contributed by atoms with Crippen LogP contribution in [0.25, 0.3) is 11.3 Å². The van der Waals surface area contributed by atoms with E-state index in [1.54, 1.807) is 5.38 Å². The van der Waals surface area contributed by atoms with Crippen LogP contribution in [0.5, 0.6) is 0 Å². The number of hydrogen-bond donors (Lipinski definition) is 2. The molecule has 24 heavy (non-hydrogen) atoms. The molecule has 1 heterocycles. The Morgan fingerprint density at radius 1 is 1.21 bits per heavy atom. The summed E-state index contributed by atoms with van der Waals surface area (Å²) in [5.41, 5.74) is 0.202. The van der Waals surface area contributed by atoms with E-state index < -0.39 is 23.6 Å². The number of hydrogen-bond acceptors (Lipinski definition) is 5. The highest BCUT2D eigenvalue weighted by atomic mass is 32.2. The summed E-state index contributed by atoms with van der Waals surface area (Å²) in [6, 6.07) is 4.56. The fourth-order valence-corrected chi connectivity index (χ4v) is 2.95. The number of alkyl halides is 3. The van der Waals surface area contributed by atoms with Crippen LogP contribution in [0.4, 0.5) is 18.3 Å². The standard InChI is InChI=1S/C14H11F3N2O3S2/c15-14(16,17)9-3-1-8(2-4-9)10-5-24-13(18-10)19-11(20)6-23-7-12(21)22/h1-5H,6-7H2,(H,21,22)(H,18,19,20). The fourth-order valence-electron chi connectivity index (χ4n) is 1.68. The zero-order valence-electron chi connectivity index (χ0n) is 12.0. The van der Waals surface area contributed by atoms with Crippen molar-refractivity contribution in [2.45, 2.75) is 6.18 Å². The maximum atomic E-state index is 12.5. The summed E-state index contributed by atoms with van der Waals surface area (Å²) in [6.07, 6.45) is -4.40. The number of aromatic nitrogens is 1. The summed E-state index contributed by atoms with van der Waals surface area (Å²) in [4.78, 5) is 26.1. The van der Waals surface area contributed by atoms with E-state index in [4.69, 9.17) is 5.11 Å². The Labute approximate surface area is 142 Å². The Bertz CT molecular complexity index is 730. The molecule has 0 bridgehead atoms. The van der Waals surface area contributed by atoms with Crippen molar-refractivity contribution in [3.8, 4) is 11.3 Å². The van der Waals surface area contributed by atoms with Crippen molar-refractivity contribution in [2.24, 2.45) is 0 Å². The molecule has 0 fully saturated rings. The SMILES string of the molecule is O=C(O)CSCC(=O)Nc1nc(-c2ccc(C(F)(F)F)cc2)cs1. The minimum atomic E-state index is -4.40. The van der Waals surface area contributed by atoms with Crippen molar-refractivity contribution in [3.63, 3.8) is 0 Å². The molecule has 2 N–H and O–H groups in total. The van der Waals surface area contributed by atoms with E-state index >= 15 is 0 Å². The number of nitrogens with zero attached hydrogens (tertiary/aromatic N) is 1. The van der Waals surface area contributed by atoms with Crippen LogP contribution in [0.2, 0.25) is 0 Å². The highest BCUT2D eigenvalue weighted by molar-refractivity contribution is 8.00. The van der Waals surface area contributed by atoms with E-state index in [2.05, 4.69) is 10.3 Å². The van der Waals surface area contributed by atoms with E-state index in [9.17, 15) is 22.8 Å². The summed E-state index contributed by atoms with van der Waals surface area (Å²) in [7, 11) is 0. The van der Waals surface area contributed by atoms with Gasteiger partial charge in [0.2, 0.25) is 5.91 Å². The van der Waals surface area contributed by atoms with Crippen molar-refractivity contribution in [2.75, 3.05) is 16.8 Å². The van der Waals surface area contributed by atoms with Gasteiger partial charge in [-0.2, -0.15) is 13.2 Å². The van der Waals surface area contributed by atoms with Gasteiger partial charge in [-0.1, -0.05) is 12.1 Å². The molecular weight excluding hydrogens is 365 g/mol. The van der Waals surface area contributed by atoms with Gasteiger partial charge in [-0.3, -0.25) is 9.59 Å². The van der Waals surface area contributed by atoms with E-state index in [1.165, 1.54) is 12.1 Å². The molecule has 0 saturated carbocycles. The number of aliphatic carboxylic acids is 1. The zero-order valence-corrected chi connectivity index (χ0v) is 13.6. The number of carboxylic acid groups (broad SMARTS) is 1. The lowest BCUT2D eigenvalue weighted by molar-refractivity contribution is -0.137. The quantitative estimate of drug-likeness (QED) is 0.806. The van der Waals surface area contributed by atoms with Crippen LogP contribution >= 0.6 is 23.1 Å². The minimum Gasteiger partial charge on any atom is -0.481 e. The van der Waals surface area contributed by atoms with Gasteiger partial charge in [0, 0.05) is 10.9 Å². The number of carboxylic acids is 1. The predicted molar refractivity (Wildman–Crippen MR) is 86.1 cm³/mol. The van der Waals surface area contributed by atoms with E-state index in [0.29, 0.717) is 16.4 Å². The third kappa shape index (κ3) is 5.24. The molecule has 2 rings (SSSR count). The van der Waals surface area contributed by atoms with Gasteiger partial charge < -0.3 is 10.4 Å². The molecule has 5 nitrogen and oxygen atoms in total. The number of halogens is 3. The highest BCUT2D eigenvalue weighted by Crippen LogP contribution is 2.31. The zero-order chi connectivity index (χ0) is 17.7. The van der Waals surface area contributed by atoms with Crippen LogP contribution in [-0.2, 0) is 15.8 Å². The molecule has 0 unspecified atom stereocenters. The number of carbonyl (C=O) groups excluding carboxylic acids is 1. The lowest BCUT2D eigenvalue weighted by atomic mass is 10.1. The first kappa shape index (κ1) is 18.3. The van der Waals surface area contributed by atoms with E-state index in [-0.39, 0.29) is 11.5 Å². The lowest BCUT2D eigenvalue weighted by Crippen LogP contribution is -2.15. The van der Waals surface area contributed by atoms with Gasteiger partial charge in [-0.05, 0) is 12.1 Å². The number of benzene rings is 1. The summed E-state index contributed by atoms with van der Waals surface area (Å²) in [5, 5.41) is 12.9. The van der Waals surface area contributed by atoms with Crippen LogP contribution in [0, 0.1) is 0 Å². The molecule has 0 atom stereocenters. The molecule has 0 spiro atoms. The Morgan fingerprint density at radius 3 is 2.46 bits per heavy atom. The van der Waals surface area contributed by atoms with Gasteiger partial charge in [0.15, 0.2) is 5.13 Å². The molecule has 10 heteroatoms. The molecule has 1 aromatic heterocycles. The maximum Gasteiger partial charge on any atom is 0.416 e. The van der Waals surface area contributed by atoms with Crippen LogP contribution in [0.15, 0.2) is 29.6 Å². The second-order valence-electron chi connectivity index (χ2n) is 4.55. The third-order valence-electron chi connectivity index (χ3n) is 2.72. The van der Waals surface area contributed by atoms with E-state index in [1.807, 2.05) is 0 Å². The molecule has 0 saturated heterocycles. The number of nitrogens with one attached hydrogen (secondary N) is 1. The number of thioether (sulfide) groups is 1. The Morgan fingerprint density at radius 2 is 1.88 bits per heavy atom. The van der Waals surface area contributed by atoms with Crippen LogP contribution in [0.1, 0.15) is 5.56 Å². The van der Waals surface area contributed by atoms with Gasteiger partial charge in [-0.25, -0.2) is 4.98 Å². The average Bonchev–Trinajstić information content (AvgIpc) is 2.94. The smallest absolute Gasteiger partial charge is 0.416 e. The summed E-state index contributed by atoms with van der Waals surface area (Å²) in [5.74, 6) is -1.61. The monoisotopic (exact) mass is 376 g/mol. The second-order valence-corrected chi connectivity index (χ2v) is 6.39.